The molecule has 1 aromatic carbocycles. The number of hydrogen-bond donors (Lipinski definition) is 1. The summed E-state index contributed by atoms with van der Waals surface area (Å²) in [4.78, 5) is 2.27. The van der Waals surface area contributed by atoms with Crippen LogP contribution in [0.1, 0.15) is 32.3 Å². The van der Waals surface area contributed by atoms with E-state index in [4.69, 9.17) is 16.3 Å². The van der Waals surface area contributed by atoms with Crippen molar-refractivity contribution in [1.82, 2.24) is 5.32 Å². The first-order chi connectivity index (χ1) is 10.1. The molecule has 21 heavy (non-hydrogen) atoms. The minimum Gasteiger partial charge on any atom is -0.376 e. The highest BCUT2D eigenvalue weighted by Crippen LogP contribution is 2.25. The summed E-state index contributed by atoms with van der Waals surface area (Å²) in [6, 6.07) is 6.15. The van der Waals surface area contributed by atoms with Crippen LogP contribution in [0.5, 0.6) is 0 Å². The molecule has 3 nitrogen and oxygen atoms in total. The van der Waals surface area contributed by atoms with Gasteiger partial charge in [-0.3, -0.25) is 0 Å². The third-order valence-electron chi connectivity index (χ3n) is 3.83. The third kappa shape index (κ3) is 5.17. The Bertz CT molecular complexity index is 444. The Labute approximate surface area is 133 Å². The van der Waals surface area contributed by atoms with Crippen LogP contribution in [-0.4, -0.2) is 32.8 Å². The normalized spacial score (nSPS) is 18.4. The minimum absolute atomic E-state index is 0.352. The van der Waals surface area contributed by atoms with E-state index in [0.29, 0.717) is 12.0 Å². The zero-order valence-corrected chi connectivity index (χ0v) is 14.1. The lowest BCUT2D eigenvalue weighted by Crippen LogP contribution is -2.30. The molecular formula is C17H27ClN2O. The van der Waals surface area contributed by atoms with Gasteiger partial charge in [-0.25, -0.2) is 0 Å². The summed E-state index contributed by atoms with van der Waals surface area (Å²) in [7, 11) is 2.12. The number of rotatable bonds is 7. The van der Waals surface area contributed by atoms with E-state index in [9.17, 15) is 0 Å². The Morgan fingerprint density at radius 2 is 2.24 bits per heavy atom. The molecule has 0 bridgehead atoms. The molecule has 1 atom stereocenters. The van der Waals surface area contributed by atoms with Crippen molar-refractivity contribution in [3.8, 4) is 0 Å². The second-order valence-electron chi connectivity index (χ2n) is 6.31. The van der Waals surface area contributed by atoms with Crippen LogP contribution >= 0.6 is 11.6 Å². The van der Waals surface area contributed by atoms with Gasteiger partial charge in [0, 0.05) is 37.5 Å². The van der Waals surface area contributed by atoms with E-state index in [2.05, 4.69) is 43.2 Å². The molecule has 1 N–H and O–H groups in total. The van der Waals surface area contributed by atoms with Crippen molar-refractivity contribution in [2.24, 2.45) is 5.92 Å². The van der Waals surface area contributed by atoms with Gasteiger partial charge in [-0.15, -0.1) is 0 Å². The second kappa shape index (κ2) is 8.02. The van der Waals surface area contributed by atoms with Gasteiger partial charge in [-0.1, -0.05) is 31.5 Å². The Balaban J connectivity index is 2.02. The lowest BCUT2D eigenvalue weighted by molar-refractivity contribution is 0.116. The summed E-state index contributed by atoms with van der Waals surface area (Å²) in [5.74, 6) is 0.658. The maximum atomic E-state index is 6.18. The predicted molar refractivity (Wildman–Crippen MR) is 90.2 cm³/mol. The van der Waals surface area contributed by atoms with Crippen LogP contribution in [0.25, 0.3) is 0 Å². The lowest BCUT2D eigenvalue weighted by atomic mass is 10.1. The zero-order valence-electron chi connectivity index (χ0n) is 13.4. The Morgan fingerprint density at radius 1 is 1.43 bits per heavy atom. The molecule has 2 rings (SSSR count). The standard InChI is InChI=1S/C17H27ClN2O/c1-13(2)10-19-11-14-6-7-15(18)9-17(14)20(3)12-16-5-4-8-21-16/h6-7,9,13,16,19H,4-5,8,10-12H2,1-3H3. The fourth-order valence-electron chi connectivity index (χ4n) is 2.73. The van der Waals surface area contributed by atoms with Gasteiger partial charge in [0.2, 0.25) is 0 Å². The largest absolute Gasteiger partial charge is 0.376 e. The van der Waals surface area contributed by atoms with E-state index >= 15 is 0 Å². The molecule has 0 amide bonds. The number of nitrogens with one attached hydrogen (secondary N) is 1. The molecule has 0 aromatic heterocycles. The highest BCUT2D eigenvalue weighted by Gasteiger charge is 2.19. The van der Waals surface area contributed by atoms with Crippen LogP contribution in [0.2, 0.25) is 5.02 Å². The van der Waals surface area contributed by atoms with Gasteiger partial charge in [0.15, 0.2) is 0 Å². The van der Waals surface area contributed by atoms with Crippen molar-refractivity contribution >= 4 is 17.3 Å². The van der Waals surface area contributed by atoms with Crippen LogP contribution in [0.3, 0.4) is 0 Å². The summed E-state index contributed by atoms with van der Waals surface area (Å²) in [6.07, 6.45) is 2.69. The molecule has 1 heterocycles. The van der Waals surface area contributed by atoms with Crippen molar-refractivity contribution in [3.63, 3.8) is 0 Å². The highest BCUT2D eigenvalue weighted by atomic mass is 35.5. The molecule has 0 spiro atoms. The van der Waals surface area contributed by atoms with E-state index in [-0.39, 0.29) is 0 Å². The third-order valence-corrected chi connectivity index (χ3v) is 4.06. The van der Waals surface area contributed by atoms with Crippen LogP contribution in [0, 0.1) is 5.92 Å². The number of ether oxygens (including phenoxy) is 1. The van der Waals surface area contributed by atoms with Gasteiger partial charge in [0.1, 0.15) is 0 Å². The van der Waals surface area contributed by atoms with Gasteiger partial charge in [-0.2, -0.15) is 0 Å². The van der Waals surface area contributed by atoms with Crippen molar-refractivity contribution in [2.45, 2.75) is 39.3 Å². The van der Waals surface area contributed by atoms with Gasteiger partial charge in [-0.05, 0) is 43.0 Å². The van der Waals surface area contributed by atoms with Crippen LogP contribution < -0.4 is 10.2 Å². The summed E-state index contributed by atoms with van der Waals surface area (Å²) >= 11 is 6.18. The van der Waals surface area contributed by atoms with Crippen molar-refractivity contribution in [2.75, 3.05) is 31.6 Å². The van der Waals surface area contributed by atoms with Gasteiger partial charge in [0.25, 0.3) is 0 Å². The Hall–Kier alpha value is -0.770. The summed E-state index contributed by atoms with van der Waals surface area (Å²) in [5, 5.41) is 4.30. The first-order valence-electron chi connectivity index (χ1n) is 7.88. The number of likely N-dealkylation sites (N-methyl/N-ethyl adjacent to an activating group) is 1. The summed E-state index contributed by atoms with van der Waals surface area (Å²) in [6.45, 7) is 8.17. The lowest BCUT2D eigenvalue weighted by Gasteiger charge is -2.25. The van der Waals surface area contributed by atoms with E-state index in [1.54, 1.807) is 0 Å². The number of benzene rings is 1. The van der Waals surface area contributed by atoms with Crippen molar-refractivity contribution in [1.29, 1.82) is 0 Å². The number of nitrogens with zero attached hydrogens (tertiary/aromatic N) is 1. The molecule has 4 heteroatoms. The van der Waals surface area contributed by atoms with E-state index in [1.165, 1.54) is 17.7 Å². The van der Waals surface area contributed by atoms with Gasteiger partial charge >= 0.3 is 0 Å². The monoisotopic (exact) mass is 310 g/mol. The van der Waals surface area contributed by atoms with Crippen molar-refractivity contribution in [3.05, 3.63) is 28.8 Å². The number of anilines is 1. The number of hydrogen-bond acceptors (Lipinski definition) is 3. The average molecular weight is 311 g/mol. The minimum atomic E-state index is 0.352. The van der Waals surface area contributed by atoms with Gasteiger partial charge in [0.05, 0.1) is 6.10 Å². The van der Waals surface area contributed by atoms with Crippen LogP contribution in [0.15, 0.2) is 18.2 Å². The van der Waals surface area contributed by atoms with E-state index < -0.39 is 0 Å². The topological polar surface area (TPSA) is 24.5 Å². The molecule has 1 saturated heterocycles. The molecule has 1 aliphatic heterocycles. The second-order valence-corrected chi connectivity index (χ2v) is 6.75. The average Bonchev–Trinajstić information content (AvgIpc) is 2.92. The fourth-order valence-corrected chi connectivity index (χ4v) is 2.90. The Morgan fingerprint density at radius 3 is 2.90 bits per heavy atom. The maximum absolute atomic E-state index is 6.18. The zero-order chi connectivity index (χ0) is 15.2. The molecule has 0 saturated carbocycles. The first-order valence-corrected chi connectivity index (χ1v) is 8.26. The smallest absolute Gasteiger partial charge is 0.0750 e. The maximum Gasteiger partial charge on any atom is 0.0750 e. The molecular weight excluding hydrogens is 284 g/mol. The molecule has 1 aromatic rings. The van der Waals surface area contributed by atoms with E-state index in [1.807, 2.05) is 6.07 Å². The number of halogens is 1. The summed E-state index contributed by atoms with van der Waals surface area (Å²) in [5.41, 5.74) is 2.50. The molecule has 118 valence electrons. The molecule has 0 aliphatic carbocycles. The highest BCUT2D eigenvalue weighted by molar-refractivity contribution is 6.30. The summed E-state index contributed by atoms with van der Waals surface area (Å²) < 4.78 is 5.74. The fraction of sp³-hybridized carbons (Fsp3) is 0.647. The van der Waals surface area contributed by atoms with Crippen molar-refractivity contribution < 1.29 is 4.74 Å². The predicted octanol–water partition coefficient (Wildman–Crippen LogP) is 3.70. The molecule has 0 radical (unpaired) electrons. The quantitative estimate of drug-likeness (QED) is 0.831. The molecule has 1 aliphatic rings. The van der Waals surface area contributed by atoms with Crippen LogP contribution in [0.4, 0.5) is 5.69 Å². The van der Waals surface area contributed by atoms with Crippen LogP contribution in [-0.2, 0) is 11.3 Å². The molecule has 1 fully saturated rings. The Kier molecular flexibility index (Phi) is 6.34. The SMILES string of the molecule is CC(C)CNCc1ccc(Cl)cc1N(C)CC1CCCO1. The van der Waals surface area contributed by atoms with Gasteiger partial charge < -0.3 is 15.0 Å². The molecule has 1 unspecified atom stereocenters. The first kappa shape index (κ1) is 16.6. The van der Waals surface area contributed by atoms with E-state index in [0.717, 1.165) is 37.7 Å².